The van der Waals surface area contributed by atoms with Crippen molar-refractivity contribution in [2.45, 2.75) is 17.8 Å². The maximum absolute atomic E-state index is 12.3. The van der Waals surface area contributed by atoms with E-state index in [0.29, 0.717) is 27.0 Å². The summed E-state index contributed by atoms with van der Waals surface area (Å²) in [6, 6.07) is 17.8. The Morgan fingerprint density at radius 2 is 1.84 bits per heavy atom. The number of aromatic amines is 1. The molecule has 0 atom stereocenters. The fraction of sp³-hybridized carbons (Fsp3) is 0.130. The summed E-state index contributed by atoms with van der Waals surface area (Å²) in [5, 5.41) is 11.5. The number of nitrogens with zero attached hydrogens (tertiary/aromatic N) is 4. The molecule has 3 aromatic heterocycles. The number of benzene rings is 2. The predicted octanol–water partition coefficient (Wildman–Crippen LogP) is 4.84. The highest BCUT2D eigenvalue weighted by atomic mass is 32.2. The topological polar surface area (TPSA) is 85.7 Å². The SMILES string of the molecule is COc1ccc(-c2nnc(SCc3nc4ccsc4c(=O)[nH]3)n2-c2ccc(C)cc2)cc1. The first-order chi connectivity index (χ1) is 15.6. The van der Waals surface area contributed by atoms with E-state index in [1.54, 1.807) is 7.11 Å². The molecular formula is C23H19N5O2S2. The highest BCUT2D eigenvalue weighted by Crippen LogP contribution is 2.30. The molecular weight excluding hydrogens is 442 g/mol. The fourth-order valence-corrected chi connectivity index (χ4v) is 4.89. The molecule has 0 fully saturated rings. The predicted molar refractivity (Wildman–Crippen MR) is 128 cm³/mol. The number of fused-ring (bicyclic) bond motifs is 1. The van der Waals surface area contributed by atoms with Crippen LogP contribution in [0.3, 0.4) is 0 Å². The molecule has 9 heteroatoms. The molecule has 0 aliphatic carbocycles. The van der Waals surface area contributed by atoms with Gasteiger partial charge in [-0.15, -0.1) is 21.5 Å². The van der Waals surface area contributed by atoms with Crippen molar-refractivity contribution in [3.63, 3.8) is 0 Å². The van der Waals surface area contributed by atoms with Gasteiger partial charge in [0.25, 0.3) is 5.56 Å². The van der Waals surface area contributed by atoms with Gasteiger partial charge in [0.2, 0.25) is 0 Å². The van der Waals surface area contributed by atoms with Gasteiger partial charge in [0.15, 0.2) is 11.0 Å². The molecule has 0 aliphatic rings. The van der Waals surface area contributed by atoms with E-state index in [1.807, 2.05) is 52.4 Å². The van der Waals surface area contributed by atoms with E-state index in [0.717, 1.165) is 22.8 Å². The van der Waals surface area contributed by atoms with Crippen LogP contribution in [-0.4, -0.2) is 31.8 Å². The molecule has 0 unspecified atom stereocenters. The van der Waals surface area contributed by atoms with E-state index < -0.39 is 0 Å². The van der Waals surface area contributed by atoms with E-state index in [4.69, 9.17) is 4.74 Å². The molecule has 0 bridgehead atoms. The maximum Gasteiger partial charge on any atom is 0.268 e. The van der Waals surface area contributed by atoms with Gasteiger partial charge in [-0.2, -0.15) is 0 Å². The van der Waals surface area contributed by atoms with Crippen LogP contribution in [-0.2, 0) is 5.75 Å². The minimum absolute atomic E-state index is 0.112. The molecule has 0 spiro atoms. The van der Waals surface area contributed by atoms with Crippen molar-refractivity contribution in [1.29, 1.82) is 0 Å². The summed E-state index contributed by atoms with van der Waals surface area (Å²) in [4.78, 5) is 19.7. The molecule has 0 radical (unpaired) electrons. The van der Waals surface area contributed by atoms with Crippen molar-refractivity contribution >= 4 is 33.3 Å². The maximum atomic E-state index is 12.3. The number of hydrogen-bond acceptors (Lipinski definition) is 7. The molecule has 1 N–H and O–H groups in total. The molecule has 5 rings (SSSR count). The number of aromatic nitrogens is 5. The van der Waals surface area contributed by atoms with Crippen LogP contribution >= 0.6 is 23.1 Å². The largest absolute Gasteiger partial charge is 0.497 e. The molecule has 2 aromatic carbocycles. The van der Waals surface area contributed by atoms with Crippen molar-refractivity contribution in [3.8, 4) is 22.8 Å². The summed E-state index contributed by atoms with van der Waals surface area (Å²) in [5.41, 5.74) is 3.67. The quantitative estimate of drug-likeness (QED) is 0.364. The van der Waals surface area contributed by atoms with Gasteiger partial charge >= 0.3 is 0 Å². The number of thiophene rings is 1. The molecule has 0 saturated carbocycles. The van der Waals surface area contributed by atoms with Crippen molar-refractivity contribution in [1.82, 2.24) is 24.7 Å². The van der Waals surface area contributed by atoms with Gasteiger partial charge in [-0.05, 0) is 54.8 Å². The summed E-state index contributed by atoms with van der Waals surface area (Å²) in [5.74, 6) is 2.58. The Balaban J connectivity index is 1.52. The number of rotatable bonds is 6. The van der Waals surface area contributed by atoms with Gasteiger partial charge < -0.3 is 9.72 Å². The van der Waals surface area contributed by atoms with Gasteiger partial charge in [-0.1, -0.05) is 29.5 Å². The summed E-state index contributed by atoms with van der Waals surface area (Å²) < 4.78 is 7.94. The van der Waals surface area contributed by atoms with Crippen LogP contribution in [0.5, 0.6) is 5.75 Å². The van der Waals surface area contributed by atoms with E-state index in [1.165, 1.54) is 28.7 Å². The monoisotopic (exact) mass is 461 g/mol. The Morgan fingerprint density at radius 3 is 2.59 bits per heavy atom. The number of aryl methyl sites for hydroxylation is 1. The smallest absolute Gasteiger partial charge is 0.268 e. The van der Waals surface area contributed by atoms with Crippen LogP contribution < -0.4 is 10.3 Å². The van der Waals surface area contributed by atoms with Crippen molar-refractivity contribution in [2.75, 3.05) is 7.11 Å². The van der Waals surface area contributed by atoms with Gasteiger partial charge in [0.05, 0.1) is 18.4 Å². The lowest BCUT2D eigenvalue weighted by Gasteiger charge is -2.11. The minimum Gasteiger partial charge on any atom is -0.497 e. The number of ether oxygens (including phenoxy) is 1. The Kier molecular flexibility index (Phi) is 5.50. The normalized spacial score (nSPS) is 11.2. The van der Waals surface area contributed by atoms with Crippen LogP contribution in [0.2, 0.25) is 0 Å². The van der Waals surface area contributed by atoms with Crippen LogP contribution in [0.15, 0.2) is 69.9 Å². The number of thioether (sulfide) groups is 1. The van der Waals surface area contributed by atoms with Crippen molar-refractivity contribution in [3.05, 3.63) is 81.7 Å². The fourth-order valence-electron chi connectivity index (χ4n) is 3.34. The van der Waals surface area contributed by atoms with Gasteiger partial charge in [-0.3, -0.25) is 9.36 Å². The first kappa shape index (κ1) is 20.5. The average molecular weight is 462 g/mol. The Hall–Kier alpha value is -3.43. The van der Waals surface area contributed by atoms with Crippen molar-refractivity contribution < 1.29 is 4.74 Å². The third-order valence-corrected chi connectivity index (χ3v) is 6.82. The number of H-pyrrole nitrogens is 1. The Labute approximate surface area is 192 Å². The van der Waals surface area contributed by atoms with Gasteiger partial charge in [-0.25, -0.2) is 4.98 Å². The molecule has 3 heterocycles. The third kappa shape index (κ3) is 3.92. The lowest BCUT2D eigenvalue weighted by molar-refractivity contribution is 0.415. The molecule has 5 aromatic rings. The zero-order valence-electron chi connectivity index (χ0n) is 17.4. The number of methoxy groups -OCH3 is 1. The summed E-state index contributed by atoms with van der Waals surface area (Å²) in [6.45, 7) is 2.05. The van der Waals surface area contributed by atoms with E-state index in [-0.39, 0.29) is 5.56 Å². The summed E-state index contributed by atoms with van der Waals surface area (Å²) in [6.07, 6.45) is 0. The highest BCUT2D eigenvalue weighted by molar-refractivity contribution is 7.98. The third-order valence-electron chi connectivity index (χ3n) is 4.98. The zero-order chi connectivity index (χ0) is 22.1. The molecule has 7 nitrogen and oxygen atoms in total. The molecule has 32 heavy (non-hydrogen) atoms. The van der Waals surface area contributed by atoms with Crippen LogP contribution in [0, 0.1) is 6.92 Å². The van der Waals surface area contributed by atoms with Crippen LogP contribution in [0.1, 0.15) is 11.4 Å². The standard InChI is InChI=1S/C23H19N5O2S2/c1-14-3-7-16(8-4-14)28-21(15-5-9-17(30-2)10-6-15)26-27-23(28)32-13-19-24-18-11-12-31-20(18)22(29)25-19/h3-12H,13H2,1-2H3,(H,24,25,29). The summed E-state index contributed by atoms with van der Waals surface area (Å²) >= 11 is 2.87. The minimum atomic E-state index is -0.112. The van der Waals surface area contributed by atoms with Gasteiger partial charge in [0.1, 0.15) is 16.3 Å². The van der Waals surface area contributed by atoms with E-state index in [9.17, 15) is 4.79 Å². The average Bonchev–Trinajstić information content (AvgIpc) is 3.46. The van der Waals surface area contributed by atoms with E-state index in [2.05, 4.69) is 39.2 Å². The first-order valence-electron chi connectivity index (χ1n) is 9.88. The molecule has 160 valence electrons. The number of hydrogen-bond donors (Lipinski definition) is 1. The van der Waals surface area contributed by atoms with Crippen molar-refractivity contribution in [2.24, 2.45) is 0 Å². The molecule has 0 saturated heterocycles. The Morgan fingerprint density at radius 1 is 1.06 bits per heavy atom. The second kappa shape index (κ2) is 8.60. The highest BCUT2D eigenvalue weighted by Gasteiger charge is 2.17. The lowest BCUT2D eigenvalue weighted by atomic mass is 10.2. The molecule has 0 aliphatic heterocycles. The lowest BCUT2D eigenvalue weighted by Crippen LogP contribution is -2.09. The van der Waals surface area contributed by atoms with Crippen LogP contribution in [0.25, 0.3) is 27.3 Å². The number of nitrogens with one attached hydrogen (secondary N) is 1. The molecule has 0 amide bonds. The second-order valence-electron chi connectivity index (χ2n) is 7.14. The first-order valence-corrected chi connectivity index (χ1v) is 11.7. The van der Waals surface area contributed by atoms with E-state index >= 15 is 0 Å². The van der Waals surface area contributed by atoms with Gasteiger partial charge in [0, 0.05) is 11.3 Å². The Bertz CT molecular complexity index is 1440. The zero-order valence-corrected chi connectivity index (χ0v) is 19.0. The van der Waals surface area contributed by atoms with Crippen LogP contribution in [0.4, 0.5) is 0 Å². The second-order valence-corrected chi connectivity index (χ2v) is 9.00. The summed E-state index contributed by atoms with van der Waals surface area (Å²) in [7, 11) is 1.64.